The number of hydrogen-bond acceptors (Lipinski definition) is 4. The minimum absolute atomic E-state index is 0.0930. The van der Waals surface area contributed by atoms with Crippen LogP contribution in [0.4, 0.5) is 5.69 Å². The second kappa shape index (κ2) is 6.47. The van der Waals surface area contributed by atoms with Gasteiger partial charge < -0.3 is 10.0 Å². The Bertz CT molecular complexity index is 660. The molecule has 1 aliphatic heterocycles. The lowest BCUT2D eigenvalue weighted by atomic mass is 10.2. The van der Waals surface area contributed by atoms with E-state index in [2.05, 4.69) is 20.9 Å². The first-order valence-corrected chi connectivity index (χ1v) is 7.77. The molecule has 0 aliphatic carbocycles. The SMILES string of the molecule is OCCN1Cc2cccnc2SC1=Nc1ccc(Cl)cc1. The van der Waals surface area contributed by atoms with Crippen LogP contribution in [0.1, 0.15) is 5.56 Å². The molecule has 0 amide bonds. The van der Waals surface area contributed by atoms with Gasteiger partial charge in [-0.05, 0) is 42.1 Å². The summed E-state index contributed by atoms with van der Waals surface area (Å²) >= 11 is 7.42. The Hall–Kier alpha value is -1.56. The van der Waals surface area contributed by atoms with Crippen LogP contribution in [0.25, 0.3) is 0 Å². The van der Waals surface area contributed by atoms with E-state index in [1.165, 1.54) is 11.8 Å². The summed E-state index contributed by atoms with van der Waals surface area (Å²) in [6.45, 7) is 1.35. The molecular weight excluding hydrogens is 306 g/mol. The van der Waals surface area contributed by atoms with Gasteiger partial charge in [0, 0.05) is 29.9 Å². The van der Waals surface area contributed by atoms with Crippen LogP contribution in [-0.2, 0) is 6.54 Å². The average molecular weight is 320 g/mol. The van der Waals surface area contributed by atoms with Gasteiger partial charge in [-0.3, -0.25) is 0 Å². The monoisotopic (exact) mass is 319 g/mol. The van der Waals surface area contributed by atoms with Crippen LogP contribution in [0.3, 0.4) is 0 Å². The molecule has 0 fully saturated rings. The van der Waals surface area contributed by atoms with E-state index in [0.29, 0.717) is 18.1 Å². The maximum Gasteiger partial charge on any atom is 0.171 e. The van der Waals surface area contributed by atoms with E-state index in [4.69, 9.17) is 11.6 Å². The third-order valence-electron chi connectivity index (χ3n) is 3.09. The van der Waals surface area contributed by atoms with Crippen molar-refractivity contribution in [2.45, 2.75) is 11.6 Å². The highest BCUT2D eigenvalue weighted by molar-refractivity contribution is 8.13. The normalized spacial score (nSPS) is 16.1. The maximum absolute atomic E-state index is 9.25. The Morgan fingerprint density at radius 1 is 1.29 bits per heavy atom. The third-order valence-corrected chi connectivity index (χ3v) is 4.44. The number of aliphatic hydroxyl groups is 1. The average Bonchev–Trinajstić information content (AvgIpc) is 2.50. The summed E-state index contributed by atoms with van der Waals surface area (Å²) in [4.78, 5) is 11.1. The Morgan fingerprint density at radius 3 is 2.86 bits per heavy atom. The predicted molar refractivity (Wildman–Crippen MR) is 86.1 cm³/mol. The lowest BCUT2D eigenvalue weighted by molar-refractivity contribution is 0.247. The molecule has 0 spiro atoms. The zero-order valence-corrected chi connectivity index (χ0v) is 12.8. The highest BCUT2D eigenvalue weighted by Gasteiger charge is 2.22. The Labute approximate surface area is 132 Å². The molecule has 2 heterocycles. The number of aliphatic imine (C=N–C) groups is 1. The molecule has 1 aromatic carbocycles. The molecule has 2 aromatic rings. The molecule has 0 radical (unpaired) electrons. The van der Waals surface area contributed by atoms with Crippen molar-refractivity contribution in [2.24, 2.45) is 4.99 Å². The number of benzene rings is 1. The van der Waals surface area contributed by atoms with Gasteiger partial charge in [0.2, 0.25) is 0 Å². The molecule has 21 heavy (non-hydrogen) atoms. The van der Waals surface area contributed by atoms with E-state index in [9.17, 15) is 5.11 Å². The van der Waals surface area contributed by atoms with Crippen LogP contribution in [0.5, 0.6) is 0 Å². The van der Waals surface area contributed by atoms with E-state index in [-0.39, 0.29) is 6.61 Å². The number of fused-ring (bicyclic) bond motifs is 1. The number of thioether (sulfide) groups is 1. The van der Waals surface area contributed by atoms with Crippen molar-refractivity contribution < 1.29 is 5.11 Å². The molecule has 0 saturated heterocycles. The molecule has 1 aliphatic rings. The van der Waals surface area contributed by atoms with Crippen LogP contribution in [-0.4, -0.2) is 33.3 Å². The largest absolute Gasteiger partial charge is 0.395 e. The van der Waals surface area contributed by atoms with Crippen molar-refractivity contribution in [1.29, 1.82) is 0 Å². The predicted octanol–water partition coefficient (Wildman–Crippen LogP) is 3.32. The van der Waals surface area contributed by atoms with Crippen molar-refractivity contribution in [3.8, 4) is 0 Å². The number of aliphatic hydroxyl groups excluding tert-OH is 1. The molecule has 3 rings (SSSR count). The second-order valence-electron chi connectivity index (χ2n) is 4.59. The van der Waals surface area contributed by atoms with Crippen LogP contribution in [0.15, 0.2) is 52.6 Å². The number of aromatic nitrogens is 1. The fourth-order valence-electron chi connectivity index (χ4n) is 2.08. The van der Waals surface area contributed by atoms with E-state index in [1.807, 2.05) is 30.3 Å². The summed E-state index contributed by atoms with van der Waals surface area (Å²) in [6.07, 6.45) is 1.79. The van der Waals surface area contributed by atoms with Crippen LogP contribution >= 0.6 is 23.4 Å². The number of β-amino-alcohol motifs (C(OH)–C–C–N with tert-alkyl or cyclic N) is 1. The summed E-state index contributed by atoms with van der Waals surface area (Å²) in [5.74, 6) is 0. The second-order valence-corrected chi connectivity index (χ2v) is 5.98. The van der Waals surface area contributed by atoms with Gasteiger partial charge in [-0.2, -0.15) is 0 Å². The van der Waals surface area contributed by atoms with Gasteiger partial charge >= 0.3 is 0 Å². The van der Waals surface area contributed by atoms with Gasteiger partial charge in [-0.15, -0.1) is 0 Å². The van der Waals surface area contributed by atoms with Crippen LogP contribution in [0.2, 0.25) is 5.02 Å². The molecule has 0 atom stereocenters. The fourth-order valence-corrected chi connectivity index (χ4v) is 3.19. The molecule has 0 bridgehead atoms. The highest BCUT2D eigenvalue weighted by atomic mass is 35.5. The minimum atomic E-state index is 0.0930. The topological polar surface area (TPSA) is 48.7 Å². The van der Waals surface area contributed by atoms with Gasteiger partial charge in [0.15, 0.2) is 5.17 Å². The zero-order chi connectivity index (χ0) is 14.7. The molecule has 0 saturated carbocycles. The van der Waals surface area contributed by atoms with E-state index in [1.54, 1.807) is 6.20 Å². The van der Waals surface area contributed by atoms with Gasteiger partial charge in [-0.1, -0.05) is 17.7 Å². The van der Waals surface area contributed by atoms with Crippen LogP contribution < -0.4 is 0 Å². The van der Waals surface area contributed by atoms with Gasteiger partial charge in [0.25, 0.3) is 0 Å². The van der Waals surface area contributed by atoms with Crippen molar-refractivity contribution >= 4 is 34.2 Å². The lowest BCUT2D eigenvalue weighted by Gasteiger charge is -2.29. The number of halogens is 1. The van der Waals surface area contributed by atoms with Gasteiger partial charge in [-0.25, -0.2) is 9.98 Å². The minimum Gasteiger partial charge on any atom is -0.395 e. The van der Waals surface area contributed by atoms with Gasteiger partial charge in [0.05, 0.1) is 12.3 Å². The molecule has 4 nitrogen and oxygen atoms in total. The lowest BCUT2D eigenvalue weighted by Crippen LogP contribution is -2.34. The van der Waals surface area contributed by atoms with Crippen LogP contribution in [0, 0.1) is 0 Å². The third kappa shape index (κ3) is 3.37. The standard InChI is InChI=1S/C15H14ClN3OS/c16-12-3-5-13(6-4-12)18-15-19(8-9-20)10-11-2-1-7-17-14(11)21-15/h1-7,20H,8-10H2. The van der Waals surface area contributed by atoms with E-state index >= 15 is 0 Å². The first-order valence-electron chi connectivity index (χ1n) is 6.58. The number of nitrogens with zero attached hydrogens (tertiary/aromatic N) is 3. The molecule has 6 heteroatoms. The highest BCUT2D eigenvalue weighted by Crippen LogP contribution is 2.32. The molecule has 1 N–H and O–H groups in total. The Morgan fingerprint density at radius 2 is 2.10 bits per heavy atom. The summed E-state index contributed by atoms with van der Waals surface area (Å²) < 4.78 is 0. The summed E-state index contributed by atoms with van der Waals surface area (Å²) in [5, 5.41) is 11.8. The summed E-state index contributed by atoms with van der Waals surface area (Å²) in [6, 6.07) is 11.4. The molecule has 0 unspecified atom stereocenters. The van der Waals surface area contributed by atoms with Crippen molar-refractivity contribution in [1.82, 2.24) is 9.88 Å². The van der Waals surface area contributed by atoms with Crippen molar-refractivity contribution in [3.05, 3.63) is 53.2 Å². The smallest absolute Gasteiger partial charge is 0.171 e. The fraction of sp³-hybridized carbons (Fsp3) is 0.200. The first kappa shape index (κ1) is 14.4. The number of amidine groups is 1. The maximum atomic E-state index is 9.25. The Balaban J connectivity index is 1.93. The molecule has 1 aromatic heterocycles. The molecular formula is C15H14ClN3OS. The number of hydrogen-bond donors (Lipinski definition) is 1. The molecule has 108 valence electrons. The summed E-state index contributed by atoms with van der Waals surface area (Å²) in [7, 11) is 0. The zero-order valence-electron chi connectivity index (χ0n) is 11.2. The number of rotatable bonds is 3. The van der Waals surface area contributed by atoms with Crippen molar-refractivity contribution in [3.63, 3.8) is 0 Å². The van der Waals surface area contributed by atoms with Crippen molar-refractivity contribution in [2.75, 3.05) is 13.2 Å². The number of pyridine rings is 1. The summed E-state index contributed by atoms with van der Waals surface area (Å²) in [5.41, 5.74) is 2.00. The van der Waals surface area contributed by atoms with E-state index in [0.717, 1.165) is 21.4 Å². The first-order chi connectivity index (χ1) is 10.3. The van der Waals surface area contributed by atoms with E-state index < -0.39 is 0 Å². The quantitative estimate of drug-likeness (QED) is 0.943. The Kier molecular flexibility index (Phi) is 4.43. The van der Waals surface area contributed by atoms with Gasteiger partial charge in [0.1, 0.15) is 5.03 Å².